The summed E-state index contributed by atoms with van der Waals surface area (Å²) in [5.41, 5.74) is 3.00. The lowest BCUT2D eigenvalue weighted by Gasteiger charge is -2.10. The lowest BCUT2D eigenvalue weighted by atomic mass is 10.0. The van der Waals surface area contributed by atoms with Crippen molar-refractivity contribution in [1.29, 1.82) is 0 Å². The molecule has 2 heterocycles. The Balaban J connectivity index is 1.43. The number of aryl methyl sites for hydroxylation is 1. The lowest BCUT2D eigenvalue weighted by Crippen LogP contribution is -2.30. The number of carbonyl (C=O) groups is 2. The Hall–Kier alpha value is -3.52. The van der Waals surface area contributed by atoms with Crippen LogP contribution in [-0.2, 0) is 16.0 Å². The number of benzene rings is 2. The second-order valence-electron chi connectivity index (χ2n) is 6.63. The van der Waals surface area contributed by atoms with E-state index in [2.05, 4.69) is 20.2 Å². The van der Waals surface area contributed by atoms with Crippen LogP contribution in [0.3, 0.4) is 0 Å². The minimum atomic E-state index is -0.634. The van der Waals surface area contributed by atoms with E-state index in [0.29, 0.717) is 18.5 Å². The summed E-state index contributed by atoms with van der Waals surface area (Å²) in [5.74, 6) is -1.41. The number of aliphatic hydroxyl groups is 1. The van der Waals surface area contributed by atoms with Crippen molar-refractivity contribution in [1.82, 2.24) is 14.9 Å². The first-order valence-electron chi connectivity index (χ1n) is 9.08. The fourth-order valence-electron chi connectivity index (χ4n) is 3.18. The second-order valence-corrected chi connectivity index (χ2v) is 7.24. The van der Waals surface area contributed by atoms with Gasteiger partial charge in [0, 0.05) is 16.6 Å². The number of aromatic nitrogens is 2. The number of aliphatic hydroxyl groups excluding tert-OH is 1. The summed E-state index contributed by atoms with van der Waals surface area (Å²) in [4.78, 5) is 24.8. The number of carbonyl (C=O) groups excluding carboxylic acids is 2. The van der Waals surface area contributed by atoms with Gasteiger partial charge < -0.3 is 15.7 Å². The second kappa shape index (κ2) is 8.24. The van der Waals surface area contributed by atoms with E-state index in [1.807, 2.05) is 35.7 Å². The Kier molecular flexibility index (Phi) is 5.35. The molecule has 1 unspecified atom stereocenters. The van der Waals surface area contributed by atoms with E-state index in [-0.39, 0.29) is 11.3 Å². The first-order valence-corrected chi connectivity index (χ1v) is 9.92. The van der Waals surface area contributed by atoms with Crippen molar-refractivity contribution in [3.63, 3.8) is 0 Å². The summed E-state index contributed by atoms with van der Waals surface area (Å²) >= 11 is 1.26. The summed E-state index contributed by atoms with van der Waals surface area (Å²) in [6, 6.07) is 16.2. The van der Waals surface area contributed by atoms with Crippen molar-refractivity contribution in [2.75, 3.05) is 5.32 Å². The van der Waals surface area contributed by atoms with E-state index < -0.39 is 17.9 Å². The molecule has 0 saturated carbocycles. The van der Waals surface area contributed by atoms with Gasteiger partial charge in [-0.1, -0.05) is 47.0 Å². The summed E-state index contributed by atoms with van der Waals surface area (Å²) in [5, 5.41) is 21.6. The number of hydrogen-bond acceptors (Lipinski definition) is 6. The number of nitrogens with one attached hydrogen (secondary N) is 2. The molecule has 29 heavy (non-hydrogen) atoms. The largest absolute Gasteiger partial charge is 0.509 e. The molecular formula is C21H18N4O3S. The van der Waals surface area contributed by atoms with Gasteiger partial charge in [0.2, 0.25) is 0 Å². The molecular weight excluding hydrogens is 388 g/mol. The van der Waals surface area contributed by atoms with Crippen molar-refractivity contribution in [2.24, 2.45) is 0 Å². The molecule has 0 aliphatic carbocycles. The Labute approximate surface area is 171 Å². The Morgan fingerprint density at radius 2 is 1.90 bits per heavy atom. The molecule has 0 fully saturated rings. The number of anilines is 1. The minimum Gasteiger partial charge on any atom is -0.509 e. The first-order chi connectivity index (χ1) is 14.1. The number of nitrogens with zero attached hydrogens (tertiary/aromatic N) is 2. The van der Waals surface area contributed by atoms with Crippen molar-refractivity contribution >= 4 is 29.0 Å². The van der Waals surface area contributed by atoms with Gasteiger partial charge in [-0.05, 0) is 42.1 Å². The van der Waals surface area contributed by atoms with Crippen LogP contribution in [0.5, 0.6) is 0 Å². The van der Waals surface area contributed by atoms with E-state index in [4.69, 9.17) is 0 Å². The fraction of sp³-hybridized carbons (Fsp3) is 0.143. The van der Waals surface area contributed by atoms with Crippen molar-refractivity contribution in [3.05, 3.63) is 76.9 Å². The third kappa shape index (κ3) is 4.17. The van der Waals surface area contributed by atoms with Crippen LogP contribution in [0.4, 0.5) is 5.69 Å². The quantitative estimate of drug-likeness (QED) is 0.546. The molecule has 8 heteroatoms. The van der Waals surface area contributed by atoms with Gasteiger partial charge in [-0.15, -0.1) is 5.10 Å². The van der Waals surface area contributed by atoms with Gasteiger partial charge >= 0.3 is 0 Å². The van der Waals surface area contributed by atoms with Crippen molar-refractivity contribution < 1.29 is 14.7 Å². The van der Waals surface area contributed by atoms with E-state index in [0.717, 1.165) is 16.8 Å². The summed E-state index contributed by atoms with van der Waals surface area (Å²) in [6.45, 7) is 0. The maximum absolute atomic E-state index is 12.6. The van der Waals surface area contributed by atoms with E-state index >= 15 is 0 Å². The van der Waals surface area contributed by atoms with Gasteiger partial charge in [0.05, 0.1) is 6.04 Å². The van der Waals surface area contributed by atoms with Gasteiger partial charge in [-0.2, -0.15) is 0 Å². The average Bonchev–Trinajstić information content (AvgIpc) is 3.36. The van der Waals surface area contributed by atoms with E-state index in [1.54, 1.807) is 24.3 Å². The smallest absolute Gasteiger partial charge is 0.264 e. The molecule has 7 nitrogen and oxygen atoms in total. The molecule has 4 rings (SSSR count). The Morgan fingerprint density at radius 1 is 1.14 bits per heavy atom. The number of rotatable bonds is 6. The Morgan fingerprint density at radius 3 is 2.59 bits per heavy atom. The third-order valence-electron chi connectivity index (χ3n) is 4.71. The van der Waals surface area contributed by atoms with Gasteiger partial charge in [0.25, 0.3) is 11.8 Å². The molecule has 0 bridgehead atoms. The molecule has 0 spiro atoms. The summed E-state index contributed by atoms with van der Waals surface area (Å²) in [6.07, 6.45) is 1.19. The molecule has 1 aliphatic heterocycles. The number of hydrogen-bond donors (Lipinski definition) is 3. The van der Waals surface area contributed by atoms with Crippen LogP contribution in [0.25, 0.3) is 11.3 Å². The predicted octanol–water partition coefficient (Wildman–Crippen LogP) is 3.09. The predicted molar refractivity (Wildman–Crippen MR) is 110 cm³/mol. The van der Waals surface area contributed by atoms with Crippen LogP contribution in [0.15, 0.2) is 71.3 Å². The van der Waals surface area contributed by atoms with Gasteiger partial charge in [0.15, 0.2) is 0 Å². The topological polar surface area (TPSA) is 104 Å². The normalized spacial score (nSPS) is 16.0. The molecule has 1 aliphatic rings. The maximum atomic E-state index is 12.6. The summed E-state index contributed by atoms with van der Waals surface area (Å²) in [7, 11) is 0. The van der Waals surface area contributed by atoms with E-state index in [1.165, 1.54) is 11.5 Å². The highest BCUT2D eigenvalue weighted by atomic mass is 32.1. The van der Waals surface area contributed by atoms with E-state index in [9.17, 15) is 14.7 Å². The molecule has 146 valence electrons. The number of amides is 2. The standard InChI is InChI=1S/C21H18N4O3S/c26-19-16(11-6-13-4-2-1-3-5-13)23-21(28)18(19)20(27)22-15-9-7-14(8-10-15)17-12-29-25-24-17/h1-5,7-10,12,16,26H,6,11H2,(H,22,27)(H,23,28). The van der Waals surface area contributed by atoms with Crippen LogP contribution in [0.1, 0.15) is 12.0 Å². The van der Waals surface area contributed by atoms with Crippen molar-refractivity contribution in [2.45, 2.75) is 18.9 Å². The Bertz CT molecular complexity index is 1050. The molecule has 1 atom stereocenters. The monoisotopic (exact) mass is 406 g/mol. The molecule has 0 radical (unpaired) electrons. The zero-order chi connectivity index (χ0) is 20.2. The molecule has 1 aromatic heterocycles. The molecule has 3 aromatic rings. The first kappa shape index (κ1) is 18.8. The van der Waals surface area contributed by atoms with Crippen LogP contribution in [0.2, 0.25) is 0 Å². The van der Waals surface area contributed by atoms with Gasteiger partial charge in [0.1, 0.15) is 17.0 Å². The third-order valence-corrected chi connectivity index (χ3v) is 5.21. The zero-order valence-electron chi connectivity index (χ0n) is 15.3. The molecule has 2 aromatic carbocycles. The molecule has 2 amide bonds. The molecule has 0 saturated heterocycles. The van der Waals surface area contributed by atoms with Crippen LogP contribution in [0, 0.1) is 0 Å². The van der Waals surface area contributed by atoms with Crippen LogP contribution < -0.4 is 10.6 Å². The molecule has 3 N–H and O–H groups in total. The minimum absolute atomic E-state index is 0.214. The van der Waals surface area contributed by atoms with Crippen molar-refractivity contribution in [3.8, 4) is 11.3 Å². The van der Waals surface area contributed by atoms with Gasteiger partial charge in [-0.25, -0.2) is 0 Å². The summed E-state index contributed by atoms with van der Waals surface area (Å²) < 4.78 is 3.82. The lowest BCUT2D eigenvalue weighted by molar-refractivity contribution is -0.120. The zero-order valence-corrected chi connectivity index (χ0v) is 16.1. The van der Waals surface area contributed by atoms with Gasteiger partial charge in [-0.3, -0.25) is 9.59 Å². The van der Waals surface area contributed by atoms with Crippen LogP contribution >= 0.6 is 11.5 Å². The van der Waals surface area contributed by atoms with Crippen LogP contribution in [-0.4, -0.2) is 32.5 Å². The highest BCUT2D eigenvalue weighted by Gasteiger charge is 2.35. The SMILES string of the molecule is O=C(Nc1ccc(-c2csnn2)cc1)C1=C(O)C(CCc2ccccc2)NC1=O. The highest BCUT2D eigenvalue weighted by molar-refractivity contribution is 7.03. The highest BCUT2D eigenvalue weighted by Crippen LogP contribution is 2.23. The average molecular weight is 406 g/mol. The maximum Gasteiger partial charge on any atom is 0.264 e. The fourth-order valence-corrected chi connectivity index (χ4v) is 3.65.